The van der Waals surface area contributed by atoms with Gasteiger partial charge in [-0.1, -0.05) is 13.3 Å². The number of carbonyl (C=O) groups excluding carboxylic acids is 1. The number of hydrogen-bond acceptors (Lipinski definition) is 4. The first kappa shape index (κ1) is 14.7. The van der Waals surface area contributed by atoms with E-state index in [0.29, 0.717) is 18.3 Å². The fourth-order valence-corrected chi connectivity index (χ4v) is 2.61. The predicted octanol–water partition coefficient (Wildman–Crippen LogP) is 2.12. The lowest BCUT2D eigenvalue weighted by Crippen LogP contribution is -2.38. The van der Waals surface area contributed by atoms with Gasteiger partial charge >= 0.3 is 6.09 Å². The van der Waals surface area contributed by atoms with E-state index in [1.54, 1.807) is 9.58 Å². The van der Waals surface area contributed by atoms with Gasteiger partial charge in [0.05, 0.1) is 6.61 Å². The van der Waals surface area contributed by atoms with E-state index in [1.807, 2.05) is 13.2 Å². The van der Waals surface area contributed by atoms with Crippen molar-refractivity contribution in [1.82, 2.24) is 14.7 Å². The van der Waals surface area contributed by atoms with Crippen LogP contribution in [0.1, 0.15) is 44.1 Å². The normalized spacial score (nSPS) is 16.4. The summed E-state index contributed by atoms with van der Waals surface area (Å²) in [5.74, 6) is 1.000. The molecule has 0 saturated carbocycles. The average molecular weight is 280 g/mol. The molecule has 2 N–H and O–H groups in total. The first-order chi connectivity index (χ1) is 9.61. The third-order valence-corrected chi connectivity index (χ3v) is 3.80. The van der Waals surface area contributed by atoms with Crippen LogP contribution in [0.5, 0.6) is 0 Å². The fourth-order valence-electron chi connectivity index (χ4n) is 2.61. The number of rotatable bonds is 4. The van der Waals surface area contributed by atoms with E-state index in [2.05, 4.69) is 12.0 Å². The van der Waals surface area contributed by atoms with Crippen LogP contribution in [0.4, 0.5) is 10.6 Å². The molecule has 0 bridgehead atoms. The number of amides is 1. The lowest BCUT2D eigenvalue weighted by molar-refractivity contribution is 0.0916. The smallest absolute Gasteiger partial charge is 0.409 e. The van der Waals surface area contributed by atoms with E-state index >= 15 is 0 Å². The molecule has 1 fully saturated rings. The third kappa shape index (κ3) is 3.43. The highest BCUT2D eigenvalue weighted by atomic mass is 16.6. The van der Waals surface area contributed by atoms with Gasteiger partial charge < -0.3 is 15.4 Å². The molecule has 1 aliphatic heterocycles. The highest BCUT2D eigenvalue weighted by molar-refractivity contribution is 5.67. The first-order valence-corrected chi connectivity index (χ1v) is 7.32. The van der Waals surface area contributed by atoms with Gasteiger partial charge in [-0.25, -0.2) is 4.79 Å². The Bertz CT molecular complexity index is 450. The van der Waals surface area contributed by atoms with Crippen molar-refractivity contribution in [1.29, 1.82) is 0 Å². The van der Waals surface area contributed by atoms with Crippen LogP contribution in [0, 0.1) is 0 Å². The van der Waals surface area contributed by atoms with Gasteiger partial charge in [-0.3, -0.25) is 4.68 Å². The van der Waals surface area contributed by atoms with Crippen molar-refractivity contribution in [2.45, 2.75) is 38.5 Å². The summed E-state index contributed by atoms with van der Waals surface area (Å²) in [5.41, 5.74) is 7.01. The summed E-state index contributed by atoms with van der Waals surface area (Å²) in [4.78, 5) is 13.6. The van der Waals surface area contributed by atoms with Crippen molar-refractivity contribution in [2.24, 2.45) is 7.05 Å². The Hall–Kier alpha value is -1.72. The second kappa shape index (κ2) is 6.63. The monoisotopic (exact) mass is 280 g/mol. The zero-order chi connectivity index (χ0) is 14.5. The maximum atomic E-state index is 11.8. The maximum Gasteiger partial charge on any atom is 0.409 e. The Morgan fingerprint density at radius 2 is 2.20 bits per heavy atom. The number of piperidine rings is 1. The molecule has 112 valence electrons. The number of likely N-dealkylation sites (tertiary alicyclic amines) is 1. The van der Waals surface area contributed by atoms with Gasteiger partial charge in [0.15, 0.2) is 0 Å². The molecule has 0 spiro atoms. The molecule has 2 rings (SSSR count). The van der Waals surface area contributed by atoms with Gasteiger partial charge in [0, 0.05) is 31.9 Å². The molecular formula is C14H24N4O2. The van der Waals surface area contributed by atoms with Crippen molar-refractivity contribution in [3.8, 4) is 0 Å². The Balaban J connectivity index is 1.83. The molecule has 6 heteroatoms. The number of nitrogen functional groups attached to an aromatic ring is 1. The summed E-state index contributed by atoms with van der Waals surface area (Å²) in [6.45, 7) is 4.05. The van der Waals surface area contributed by atoms with Crippen LogP contribution in [-0.2, 0) is 11.8 Å². The Morgan fingerprint density at radius 1 is 1.50 bits per heavy atom. The molecule has 2 heterocycles. The Labute approximate surface area is 119 Å². The number of aryl methyl sites for hydroxylation is 1. The van der Waals surface area contributed by atoms with Crippen LogP contribution in [0.2, 0.25) is 0 Å². The van der Waals surface area contributed by atoms with Gasteiger partial charge in [0.25, 0.3) is 0 Å². The highest BCUT2D eigenvalue weighted by Gasteiger charge is 2.26. The van der Waals surface area contributed by atoms with Gasteiger partial charge in [-0.2, -0.15) is 5.10 Å². The maximum absolute atomic E-state index is 11.8. The largest absolute Gasteiger partial charge is 0.449 e. The Kier molecular flexibility index (Phi) is 4.87. The molecule has 0 aliphatic carbocycles. The SMILES string of the molecule is CCCCOC(=O)N1CCC(c2cn(C)nc2N)CC1. The number of hydrogen-bond donors (Lipinski definition) is 1. The minimum Gasteiger partial charge on any atom is -0.449 e. The topological polar surface area (TPSA) is 73.4 Å². The highest BCUT2D eigenvalue weighted by Crippen LogP contribution is 2.31. The number of carbonyl (C=O) groups is 1. The molecule has 1 aliphatic rings. The van der Waals surface area contributed by atoms with Gasteiger partial charge in [-0.15, -0.1) is 0 Å². The van der Waals surface area contributed by atoms with E-state index in [-0.39, 0.29) is 6.09 Å². The van der Waals surface area contributed by atoms with E-state index in [4.69, 9.17) is 10.5 Å². The molecule has 0 unspecified atom stereocenters. The zero-order valence-electron chi connectivity index (χ0n) is 12.3. The van der Waals surface area contributed by atoms with Crippen molar-refractivity contribution in [3.05, 3.63) is 11.8 Å². The van der Waals surface area contributed by atoms with Crippen LogP contribution < -0.4 is 5.73 Å². The standard InChI is InChI=1S/C14H24N4O2/c1-3-4-9-20-14(19)18-7-5-11(6-8-18)12-10-17(2)16-13(12)15/h10-11H,3-9H2,1-2H3,(H2,15,16). The minimum absolute atomic E-state index is 0.184. The van der Waals surface area contributed by atoms with Crippen molar-refractivity contribution >= 4 is 11.9 Å². The molecule has 1 saturated heterocycles. The second-order valence-corrected chi connectivity index (χ2v) is 5.37. The molecule has 1 amide bonds. The number of aromatic nitrogens is 2. The molecule has 1 aromatic heterocycles. The van der Waals surface area contributed by atoms with Gasteiger partial charge in [0.1, 0.15) is 5.82 Å². The lowest BCUT2D eigenvalue weighted by Gasteiger charge is -2.31. The number of anilines is 1. The number of unbranched alkanes of at least 4 members (excludes halogenated alkanes) is 1. The van der Waals surface area contributed by atoms with Crippen LogP contribution in [0.15, 0.2) is 6.20 Å². The average Bonchev–Trinajstić information content (AvgIpc) is 2.78. The van der Waals surface area contributed by atoms with E-state index in [1.165, 1.54) is 0 Å². The van der Waals surface area contributed by atoms with Crippen molar-refractivity contribution < 1.29 is 9.53 Å². The number of ether oxygens (including phenoxy) is 1. The van der Waals surface area contributed by atoms with Gasteiger partial charge in [0.2, 0.25) is 0 Å². The first-order valence-electron chi connectivity index (χ1n) is 7.32. The van der Waals surface area contributed by atoms with Crippen LogP contribution in [0.3, 0.4) is 0 Å². The second-order valence-electron chi connectivity index (χ2n) is 5.37. The summed E-state index contributed by atoms with van der Waals surface area (Å²) in [7, 11) is 1.88. The van der Waals surface area contributed by atoms with Crippen molar-refractivity contribution in [2.75, 3.05) is 25.4 Å². The number of nitrogens with zero attached hydrogens (tertiary/aromatic N) is 3. The lowest BCUT2D eigenvalue weighted by atomic mass is 9.91. The van der Waals surface area contributed by atoms with Crippen LogP contribution in [-0.4, -0.2) is 40.5 Å². The van der Waals surface area contributed by atoms with Crippen molar-refractivity contribution in [3.63, 3.8) is 0 Å². The minimum atomic E-state index is -0.184. The summed E-state index contributed by atoms with van der Waals surface area (Å²) in [6, 6.07) is 0. The molecule has 6 nitrogen and oxygen atoms in total. The molecular weight excluding hydrogens is 256 g/mol. The molecule has 20 heavy (non-hydrogen) atoms. The third-order valence-electron chi connectivity index (χ3n) is 3.80. The summed E-state index contributed by atoms with van der Waals surface area (Å²) >= 11 is 0. The molecule has 0 atom stereocenters. The van der Waals surface area contributed by atoms with E-state index < -0.39 is 0 Å². The van der Waals surface area contributed by atoms with Gasteiger partial charge in [-0.05, 0) is 25.2 Å². The quantitative estimate of drug-likeness (QED) is 0.857. The predicted molar refractivity (Wildman–Crippen MR) is 77.4 cm³/mol. The molecule has 0 aromatic carbocycles. The summed E-state index contributed by atoms with van der Waals surface area (Å²) < 4.78 is 6.98. The number of nitrogens with two attached hydrogens (primary N) is 1. The molecule has 1 aromatic rings. The van der Waals surface area contributed by atoms with Crippen LogP contribution >= 0.6 is 0 Å². The zero-order valence-corrected chi connectivity index (χ0v) is 12.3. The fraction of sp³-hybridized carbons (Fsp3) is 0.714. The molecule has 0 radical (unpaired) electrons. The Morgan fingerprint density at radius 3 is 2.75 bits per heavy atom. The summed E-state index contributed by atoms with van der Waals surface area (Å²) in [5, 5.41) is 4.18. The van der Waals surface area contributed by atoms with E-state index in [0.717, 1.165) is 44.3 Å². The summed E-state index contributed by atoms with van der Waals surface area (Å²) in [6.07, 6.45) is 5.59. The van der Waals surface area contributed by atoms with E-state index in [9.17, 15) is 4.79 Å². The van der Waals surface area contributed by atoms with Crippen LogP contribution in [0.25, 0.3) is 0 Å².